The zero-order chi connectivity index (χ0) is 23.2. The van der Waals surface area contributed by atoms with Gasteiger partial charge in [0.25, 0.3) is 0 Å². The van der Waals surface area contributed by atoms with Gasteiger partial charge in [-0.3, -0.25) is 4.79 Å². The second kappa shape index (κ2) is 10.2. The van der Waals surface area contributed by atoms with Crippen molar-refractivity contribution in [3.63, 3.8) is 0 Å². The maximum atomic E-state index is 12.2. The predicted molar refractivity (Wildman–Crippen MR) is 140 cm³/mol. The number of hydrogen-bond donors (Lipinski definition) is 1. The molecule has 5 rings (SSSR count). The van der Waals surface area contributed by atoms with E-state index in [1.165, 1.54) is 16.3 Å². The lowest BCUT2D eigenvalue weighted by Crippen LogP contribution is -2.22. The minimum atomic E-state index is -0.0758. The number of carbonyl (C=O) groups excluding carboxylic acids is 1. The molecule has 0 bridgehead atoms. The van der Waals surface area contributed by atoms with Crippen LogP contribution in [0.25, 0.3) is 27.9 Å². The summed E-state index contributed by atoms with van der Waals surface area (Å²) in [6.07, 6.45) is 5.04. The van der Waals surface area contributed by atoms with Gasteiger partial charge in [0.15, 0.2) is 0 Å². The van der Waals surface area contributed by atoms with Crippen LogP contribution in [0.4, 0.5) is 0 Å². The van der Waals surface area contributed by atoms with Crippen molar-refractivity contribution in [3.05, 3.63) is 120 Å². The highest BCUT2D eigenvalue weighted by Crippen LogP contribution is 2.23. The van der Waals surface area contributed by atoms with Crippen LogP contribution in [0.5, 0.6) is 0 Å². The molecule has 0 aliphatic carbocycles. The maximum Gasteiger partial charge on any atom is 0.243 e. The summed E-state index contributed by atoms with van der Waals surface area (Å²) in [6, 6.07) is 33.1. The number of hydrogen-bond acceptors (Lipinski definition) is 2. The zero-order valence-corrected chi connectivity index (χ0v) is 19.0. The molecule has 0 spiro atoms. The monoisotopic (exact) mass is 445 g/mol. The summed E-state index contributed by atoms with van der Waals surface area (Å²) in [7, 11) is 0. The van der Waals surface area contributed by atoms with Gasteiger partial charge in [-0.1, -0.05) is 84.9 Å². The SMILES string of the molecule is O=C(/C=C/c1ccccc1)NCCCc1nc2ccccc2n1Cc1cccc2ccccc12. The standard InChI is InChI=1S/C30H27N3O/c34-30(20-19-23-10-2-1-3-11-23)31-21-9-18-29-32-27-16-6-7-17-28(27)33(29)22-25-14-8-13-24-12-4-5-15-26(24)25/h1-8,10-17,19-20H,9,18,21-22H2,(H,31,34)/b20-19+. The van der Waals surface area contributed by atoms with Crippen LogP contribution < -0.4 is 5.32 Å². The fourth-order valence-corrected chi connectivity index (χ4v) is 4.35. The molecule has 0 aliphatic rings. The molecule has 4 nitrogen and oxygen atoms in total. The van der Waals surface area contributed by atoms with Crippen molar-refractivity contribution in [1.29, 1.82) is 0 Å². The maximum absolute atomic E-state index is 12.2. The van der Waals surface area contributed by atoms with E-state index in [2.05, 4.69) is 70.5 Å². The van der Waals surface area contributed by atoms with Crippen LogP contribution in [-0.4, -0.2) is 22.0 Å². The molecule has 34 heavy (non-hydrogen) atoms. The molecule has 0 saturated carbocycles. The summed E-state index contributed by atoms with van der Waals surface area (Å²) in [6.45, 7) is 1.37. The molecule has 0 radical (unpaired) electrons. The normalized spacial score (nSPS) is 11.4. The van der Waals surface area contributed by atoms with E-state index in [1.54, 1.807) is 6.08 Å². The first-order valence-corrected chi connectivity index (χ1v) is 11.7. The average Bonchev–Trinajstić information content (AvgIpc) is 3.23. The van der Waals surface area contributed by atoms with E-state index in [4.69, 9.17) is 4.98 Å². The molecule has 0 unspecified atom stereocenters. The van der Waals surface area contributed by atoms with E-state index in [0.717, 1.165) is 41.8 Å². The van der Waals surface area contributed by atoms with E-state index in [0.29, 0.717) is 6.54 Å². The Hall–Kier alpha value is -4.18. The lowest BCUT2D eigenvalue weighted by Gasteiger charge is -2.12. The molecule has 1 heterocycles. The van der Waals surface area contributed by atoms with E-state index < -0.39 is 0 Å². The van der Waals surface area contributed by atoms with Crippen LogP contribution in [0.15, 0.2) is 103 Å². The Morgan fingerprint density at radius 3 is 2.53 bits per heavy atom. The predicted octanol–water partition coefficient (Wildman–Crippen LogP) is 6.00. The van der Waals surface area contributed by atoms with Gasteiger partial charge >= 0.3 is 0 Å². The number of carbonyl (C=O) groups is 1. The minimum absolute atomic E-state index is 0.0758. The highest BCUT2D eigenvalue weighted by Gasteiger charge is 2.12. The molecule has 0 fully saturated rings. The Morgan fingerprint density at radius 2 is 1.62 bits per heavy atom. The van der Waals surface area contributed by atoms with Crippen molar-refractivity contribution in [2.24, 2.45) is 0 Å². The Kier molecular flexibility index (Phi) is 6.48. The number of imidazole rings is 1. The third-order valence-electron chi connectivity index (χ3n) is 6.05. The molecular weight excluding hydrogens is 418 g/mol. The molecule has 0 aliphatic heterocycles. The van der Waals surface area contributed by atoms with Crippen LogP contribution in [0.3, 0.4) is 0 Å². The second-order valence-corrected chi connectivity index (χ2v) is 8.38. The molecule has 0 saturated heterocycles. The lowest BCUT2D eigenvalue weighted by atomic mass is 10.0. The van der Waals surface area contributed by atoms with Crippen molar-refractivity contribution >= 4 is 33.8 Å². The van der Waals surface area contributed by atoms with Gasteiger partial charge in [0.2, 0.25) is 5.91 Å². The van der Waals surface area contributed by atoms with Gasteiger partial charge in [-0.15, -0.1) is 0 Å². The highest BCUT2D eigenvalue weighted by molar-refractivity contribution is 5.91. The number of nitrogens with zero attached hydrogens (tertiary/aromatic N) is 2. The number of fused-ring (bicyclic) bond motifs is 2. The van der Waals surface area contributed by atoms with Gasteiger partial charge in [-0.05, 0) is 46.5 Å². The van der Waals surface area contributed by atoms with Gasteiger partial charge in [0.1, 0.15) is 5.82 Å². The number of para-hydroxylation sites is 2. The summed E-state index contributed by atoms with van der Waals surface area (Å²) < 4.78 is 2.31. The van der Waals surface area contributed by atoms with Crippen LogP contribution in [0.2, 0.25) is 0 Å². The van der Waals surface area contributed by atoms with Crippen molar-refractivity contribution in [2.75, 3.05) is 6.54 Å². The number of benzene rings is 4. The summed E-state index contributed by atoms with van der Waals surface area (Å²) in [5, 5.41) is 5.50. The number of amides is 1. The average molecular weight is 446 g/mol. The topological polar surface area (TPSA) is 46.9 Å². The van der Waals surface area contributed by atoms with Gasteiger partial charge in [-0.2, -0.15) is 0 Å². The Labute approximate surface area is 199 Å². The fraction of sp³-hybridized carbons (Fsp3) is 0.133. The minimum Gasteiger partial charge on any atom is -0.353 e. The first kappa shape index (κ1) is 21.7. The van der Waals surface area contributed by atoms with E-state index >= 15 is 0 Å². The molecular formula is C30H27N3O. The highest BCUT2D eigenvalue weighted by atomic mass is 16.1. The van der Waals surface area contributed by atoms with Crippen LogP contribution >= 0.6 is 0 Å². The van der Waals surface area contributed by atoms with E-state index in [9.17, 15) is 4.79 Å². The molecule has 4 heteroatoms. The van der Waals surface area contributed by atoms with E-state index in [-0.39, 0.29) is 5.91 Å². The molecule has 1 aromatic heterocycles. The Bertz CT molecular complexity index is 1440. The van der Waals surface area contributed by atoms with Crippen molar-refractivity contribution < 1.29 is 4.79 Å². The zero-order valence-electron chi connectivity index (χ0n) is 19.0. The molecule has 1 amide bonds. The number of nitrogens with one attached hydrogen (secondary N) is 1. The number of aryl methyl sites for hydroxylation is 1. The van der Waals surface area contributed by atoms with Crippen molar-refractivity contribution in [1.82, 2.24) is 14.9 Å². The molecule has 5 aromatic rings. The molecule has 0 atom stereocenters. The van der Waals surface area contributed by atoms with Gasteiger partial charge in [-0.25, -0.2) is 4.98 Å². The second-order valence-electron chi connectivity index (χ2n) is 8.38. The van der Waals surface area contributed by atoms with E-state index in [1.807, 2.05) is 42.5 Å². The first-order chi connectivity index (χ1) is 16.8. The quantitative estimate of drug-likeness (QED) is 0.235. The third-order valence-corrected chi connectivity index (χ3v) is 6.05. The van der Waals surface area contributed by atoms with Crippen LogP contribution in [-0.2, 0) is 17.8 Å². The van der Waals surface area contributed by atoms with Gasteiger partial charge in [0.05, 0.1) is 11.0 Å². The third kappa shape index (κ3) is 4.91. The number of rotatable bonds is 8. The van der Waals surface area contributed by atoms with Crippen LogP contribution in [0.1, 0.15) is 23.4 Å². The van der Waals surface area contributed by atoms with Gasteiger partial charge in [0, 0.05) is 25.6 Å². The summed E-state index contributed by atoms with van der Waals surface area (Å²) >= 11 is 0. The van der Waals surface area contributed by atoms with Crippen molar-refractivity contribution in [3.8, 4) is 0 Å². The largest absolute Gasteiger partial charge is 0.353 e. The molecule has 1 N–H and O–H groups in total. The number of aromatic nitrogens is 2. The fourth-order valence-electron chi connectivity index (χ4n) is 4.35. The summed E-state index contributed by atoms with van der Waals surface area (Å²) in [5.41, 5.74) is 4.44. The molecule has 4 aromatic carbocycles. The Morgan fingerprint density at radius 1 is 0.853 bits per heavy atom. The summed E-state index contributed by atoms with van der Waals surface area (Å²) in [5.74, 6) is 0.969. The van der Waals surface area contributed by atoms with Gasteiger partial charge < -0.3 is 9.88 Å². The summed E-state index contributed by atoms with van der Waals surface area (Å²) in [4.78, 5) is 17.1. The first-order valence-electron chi connectivity index (χ1n) is 11.7. The smallest absolute Gasteiger partial charge is 0.243 e. The lowest BCUT2D eigenvalue weighted by molar-refractivity contribution is -0.116. The van der Waals surface area contributed by atoms with Crippen LogP contribution in [0, 0.1) is 0 Å². The van der Waals surface area contributed by atoms with Crippen molar-refractivity contribution in [2.45, 2.75) is 19.4 Å². The Balaban J connectivity index is 1.29. The molecule has 168 valence electrons.